The van der Waals surface area contributed by atoms with Crippen LogP contribution in [0.2, 0.25) is 0 Å². The van der Waals surface area contributed by atoms with E-state index < -0.39 is 11.8 Å². The smallest absolute Gasteiger partial charge is 0.309 e. The summed E-state index contributed by atoms with van der Waals surface area (Å²) < 4.78 is 0. The van der Waals surface area contributed by atoms with E-state index in [1.54, 1.807) is 18.5 Å². The van der Waals surface area contributed by atoms with Crippen LogP contribution < -0.4 is 10.6 Å². The van der Waals surface area contributed by atoms with Gasteiger partial charge in [-0.3, -0.25) is 14.6 Å². The lowest BCUT2D eigenvalue weighted by molar-refractivity contribution is -0.139. The lowest BCUT2D eigenvalue weighted by Gasteiger charge is -2.14. The summed E-state index contributed by atoms with van der Waals surface area (Å²) in [4.78, 5) is 27.5. The van der Waals surface area contributed by atoms with Gasteiger partial charge in [-0.05, 0) is 24.1 Å². The quantitative estimate of drug-likeness (QED) is 0.837. The van der Waals surface area contributed by atoms with Crippen molar-refractivity contribution in [2.75, 3.05) is 0 Å². The Balaban J connectivity index is 1.84. The van der Waals surface area contributed by atoms with Gasteiger partial charge in [0.25, 0.3) is 0 Å². The molecule has 0 aliphatic carbocycles. The highest BCUT2D eigenvalue weighted by molar-refractivity contribution is 6.35. The Morgan fingerprint density at radius 2 is 1.86 bits per heavy atom. The largest absolute Gasteiger partial charge is 0.344 e. The molecule has 0 aliphatic rings. The molecule has 21 heavy (non-hydrogen) atoms. The number of hydrogen-bond donors (Lipinski definition) is 2. The Hall–Kier alpha value is -2.69. The van der Waals surface area contributed by atoms with Gasteiger partial charge in [0, 0.05) is 18.9 Å². The Kier molecular flexibility index (Phi) is 5.04. The summed E-state index contributed by atoms with van der Waals surface area (Å²) in [5.74, 6) is -1.29. The first-order valence-corrected chi connectivity index (χ1v) is 6.69. The van der Waals surface area contributed by atoms with Crippen molar-refractivity contribution in [1.29, 1.82) is 0 Å². The lowest BCUT2D eigenvalue weighted by atomic mass is 10.1. The molecular formula is C16H17N3O2. The van der Waals surface area contributed by atoms with Crippen molar-refractivity contribution in [3.63, 3.8) is 0 Å². The number of benzene rings is 1. The zero-order valence-electron chi connectivity index (χ0n) is 11.7. The van der Waals surface area contributed by atoms with Crippen LogP contribution in [0.5, 0.6) is 0 Å². The predicted molar refractivity (Wildman–Crippen MR) is 79.1 cm³/mol. The molecule has 1 aromatic carbocycles. The van der Waals surface area contributed by atoms with E-state index in [1.807, 2.05) is 43.3 Å². The van der Waals surface area contributed by atoms with Crippen molar-refractivity contribution in [2.45, 2.75) is 19.5 Å². The van der Waals surface area contributed by atoms with Crippen LogP contribution >= 0.6 is 0 Å². The summed E-state index contributed by atoms with van der Waals surface area (Å²) in [6.07, 6.45) is 3.30. The molecule has 5 heteroatoms. The van der Waals surface area contributed by atoms with Crippen LogP contribution in [0.3, 0.4) is 0 Å². The molecule has 108 valence electrons. The summed E-state index contributed by atoms with van der Waals surface area (Å²) in [5.41, 5.74) is 1.79. The molecule has 0 saturated carbocycles. The standard InChI is InChI=1S/C16H17N3O2/c1-12(14-7-3-2-4-8-14)19-16(21)15(20)18-11-13-6-5-9-17-10-13/h2-10,12H,11H2,1H3,(H,18,20)(H,19,21)/t12-/m0/s1. The number of nitrogens with zero attached hydrogens (tertiary/aromatic N) is 1. The minimum absolute atomic E-state index is 0.220. The zero-order valence-corrected chi connectivity index (χ0v) is 11.7. The van der Waals surface area contributed by atoms with E-state index >= 15 is 0 Å². The van der Waals surface area contributed by atoms with Crippen LogP contribution in [0, 0.1) is 0 Å². The number of amides is 2. The van der Waals surface area contributed by atoms with Gasteiger partial charge in [0.2, 0.25) is 0 Å². The molecule has 0 radical (unpaired) electrons. The Morgan fingerprint density at radius 1 is 1.10 bits per heavy atom. The Morgan fingerprint density at radius 3 is 2.52 bits per heavy atom. The van der Waals surface area contributed by atoms with Gasteiger partial charge in [0.15, 0.2) is 0 Å². The number of aromatic nitrogens is 1. The molecule has 2 aromatic rings. The van der Waals surface area contributed by atoms with E-state index in [2.05, 4.69) is 15.6 Å². The molecule has 1 heterocycles. The molecule has 0 saturated heterocycles. The average molecular weight is 283 g/mol. The number of carbonyl (C=O) groups is 2. The summed E-state index contributed by atoms with van der Waals surface area (Å²) in [7, 11) is 0. The Bertz CT molecular complexity index is 599. The van der Waals surface area contributed by atoms with E-state index in [-0.39, 0.29) is 12.6 Å². The molecule has 2 N–H and O–H groups in total. The highest BCUT2D eigenvalue weighted by Crippen LogP contribution is 2.10. The lowest BCUT2D eigenvalue weighted by Crippen LogP contribution is -2.40. The van der Waals surface area contributed by atoms with Crippen LogP contribution in [0.1, 0.15) is 24.1 Å². The summed E-state index contributed by atoms with van der Waals surface area (Å²) in [6.45, 7) is 2.11. The molecule has 0 fully saturated rings. The predicted octanol–water partition coefficient (Wildman–Crippen LogP) is 1.58. The second kappa shape index (κ2) is 7.19. The van der Waals surface area contributed by atoms with Gasteiger partial charge in [-0.1, -0.05) is 36.4 Å². The molecule has 1 atom stereocenters. The van der Waals surface area contributed by atoms with E-state index in [1.165, 1.54) is 0 Å². The van der Waals surface area contributed by atoms with Crippen molar-refractivity contribution in [3.05, 3.63) is 66.0 Å². The molecule has 0 aliphatic heterocycles. The van der Waals surface area contributed by atoms with Gasteiger partial charge in [-0.25, -0.2) is 0 Å². The van der Waals surface area contributed by atoms with Crippen LogP contribution in [0.25, 0.3) is 0 Å². The van der Waals surface area contributed by atoms with E-state index in [9.17, 15) is 9.59 Å². The van der Waals surface area contributed by atoms with Crippen LogP contribution in [0.4, 0.5) is 0 Å². The monoisotopic (exact) mass is 283 g/mol. The van der Waals surface area contributed by atoms with Gasteiger partial charge < -0.3 is 10.6 Å². The summed E-state index contributed by atoms with van der Waals surface area (Å²) >= 11 is 0. The van der Waals surface area contributed by atoms with Gasteiger partial charge >= 0.3 is 11.8 Å². The number of nitrogens with one attached hydrogen (secondary N) is 2. The van der Waals surface area contributed by atoms with E-state index in [0.717, 1.165) is 11.1 Å². The number of pyridine rings is 1. The van der Waals surface area contributed by atoms with Gasteiger partial charge in [-0.2, -0.15) is 0 Å². The SMILES string of the molecule is C[C@H](NC(=O)C(=O)NCc1cccnc1)c1ccccc1. The third-order valence-electron chi connectivity index (χ3n) is 3.03. The second-order valence-corrected chi connectivity index (χ2v) is 4.65. The molecule has 5 nitrogen and oxygen atoms in total. The van der Waals surface area contributed by atoms with Crippen molar-refractivity contribution in [1.82, 2.24) is 15.6 Å². The number of carbonyl (C=O) groups excluding carboxylic acids is 2. The van der Waals surface area contributed by atoms with Gasteiger partial charge in [0.05, 0.1) is 6.04 Å². The average Bonchev–Trinajstić information content (AvgIpc) is 2.54. The Labute approximate surface area is 123 Å². The van der Waals surface area contributed by atoms with Gasteiger partial charge in [-0.15, -0.1) is 0 Å². The highest BCUT2D eigenvalue weighted by atomic mass is 16.2. The van der Waals surface area contributed by atoms with Crippen LogP contribution in [-0.4, -0.2) is 16.8 Å². The molecule has 0 bridgehead atoms. The highest BCUT2D eigenvalue weighted by Gasteiger charge is 2.16. The fourth-order valence-corrected chi connectivity index (χ4v) is 1.85. The van der Waals surface area contributed by atoms with Crippen molar-refractivity contribution < 1.29 is 9.59 Å². The van der Waals surface area contributed by atoms with Gasteiger partial charge in [0.1, 0.15) is 0 Å². The molecule has 1 aromatic heterocycles. The third kappa shape index (κ3) is 4.42. The van der Waals surface area contributed by atoms with E-state index in [0.29, 0.717) is 0 Å². The normalized spacial score (nSPS) is 11.5. The number of hydrogen-bond acceptors (Lipinski definition) is 3. The first-order chi connectivity index (χ1) is 10.2. The maximum absolute atomic E-state index is 11.8. The summed E-state index contributed by atoms with van der Waals surface area (Å²) in [5, 5.41) is 5.23. The van der Waals surface area contributed by atoms with Crippen LogP contribution in [-0.2, 0) is 16.1 Å². The maximum atomic E-state index is 11.8. The topological polar surface area (TPSA) is 71.1 Å². The zero-order chi connectivity index (χ0) is 15.1. The minimum atomic E-state index is -0.651. The van der Waals surface area contributed by atoms with Crippen molar-refractivity contribution in [2.24, 2.45) is 0 Å². The second-order valence-electron chi connectivity index (χ2n) is 4.65. The first kappa shape index (κ1) is 14.7. The molecule has 2 rings (SSSR count). The fraction of sp³-hybridized carbons (Fsp3) is 0.188. The molecule has 0 unspecified atom stereocenters. The number of rotatable bonds is 4. The fourth-order valence-electron chi connectivity index (χ4n) is 1.85. The maximum Gasteiger partial charge on any atom is 0.309 e. The minimum Gasteiger partial charge on any atom is -0.344 e. The van der Waals surface area contributed by atoms with E-state index in [4.69, 9.17) is 0 Å². The van der Waals surface area contributed by atoms with Crippen molar-refractivity contribution >= 4 is 11.8 Å². The summed E-state index contributed by atoms with van der Waals surface area (Å²) in [6, 6.07) is 12.9. The molecule has 0 spiro atoms. The third-order valence-corrected chi connectivity index (χ3v) is 3.03. The van der Waals surface area contributed by atoms with Crippen LogP contribution in [0.15, 0.2) is 54.9 Å². The molecular weight excluding hydrogens is 266 g/mol. The van der Waals surface area contributed by atoms with Crippen molar-refractivity contribution in [3.8, 4) is 0 Å². The first-order valence-electron chi connectivity index (χ1n) is 6.69. The molecule has 2 amide bonds.